The molecular formula is C15H24FN3O2. The van der Waals surface area contributed by atoms with Gasteiger partial charge in [0.1, 0.15) is 0 Å². The van der Waals surface area contributed by atoms with E-state index < -0.39 is 5.82 Å². The Balaban J connectivity index is 3.13. The van der Waals surface area contributed by atoms with E-state index in [-0.39, 0.29) is 24.3 Å². The van der Waals surface area contributed by atoms with Crippen LogP contribution < -0.4 is 20.7 Å². The first-order valence-electron chi connectivity index (χ1n) is 7.10. The molecule has 1 aromatic rings. The number of ether oxygens (including phenoxy) is 1. The number of anilines is 2. The average molecular weight is 297 g/mol. The predicted molar refractivity (Wildman–Crippen MR) is 83.1 cm³/mol. The number of halogens is 1. The molecule has 21 heavy (non-hydrogen) atoms. The molecule has 0 saturated carbocycles. The second-order valence-corrected chi connectivity index (χ2v) is 5.10. The lowest BCUT2D eigenvalue weighted by atomic mass is 10.2. The van der Waals surface area contributed by atoms with Crippen molar-refractivity contribution in [2.75, 3.05) is 30.8 Å². The summed E-state index contributed by atoms with van der Waals surface area (Å²) in [7, 11) is 1.58. The van der Waals surface area contributed by atoms with Gasteiger partial charge in [-0.25, -0.2) is 4.39 Å². The number of carbonyl (C=O) groups excluding carboxylic acids is 1. The van der Waals surface area contributed by atoms with Gasteiger partial charge in [-0.3, -0.25) is 4.79 Å². The lowest BCUT2D eigenvalue weighted by molar-refractivity contribution is -0.119. The molecular weight excluding hydrogens is 273 g/mol. The minimum absolute atomic E-state index is 0.126. The molecule has 0 aromatic heterocycles. The summed E-state index contributed by atoms with van der Waals surface area (Å²) >= 11 is 0. The third-order valence-corrected chi connectivity index (χ3v) is 2.89. The highest BCUT2D eigenvalue weighted by Gasteiger charge is 2.17. The van der Waals surface area contributed by atoms with E-state index in [0.29, 0.717) is 17.9 Å². The van der Waals surface area contributed by atoms with Gasteiger partial charge in [0.2, 0.25) is 5.91 Å². The number of hydrogen-bond donors (Lipinski definition) is 2. The van der Waals surface area contributed by atoms with Crippen LogP contribution in [0.1, 0.15) is 27.2 Å². The number of nitrogens with one attached hydrogen (secondary N) is 1. The van der Waals surface area contributed by atoms with Crippen molar-refractivity contribution in [1.29, 1.82) is 0 Å². The van der Waals surface area contributed by atoms with E-state index in [2.05, 4.69) is 5.32 Å². The van der Waals surface area contributed by atoms with Crippen molar-refractivity contribution in [3.8, 4) is 5.75 Å². The molecule has 0 spiro atoms. The maximum Gasteiger partial charge on any atom is 0.239 e. The van der Waals surface area contributed by atoms with Crippen molar-refractivity contribution >= 4 is 17.3 Å². The molecule has 0 radical (unpaired) electrons. The smallest absolute Gasteiger partial charge is 0.239 e. The van der Waals surface area contributed by atoms with Gasteiger partial charge in [-0.2, -0.15) is 0 Å². The molecule has 0 atom stereocenters. The van der Waals surface area contributed by atoms with E-state index in [1.165, 1.54) is 6.07 Å². The quantitative estimate of drug-likeness (QED) is 0.757. The minimum atomic E-state index is -0.499. The molecule has 6 heteroatoms. The molecule has 5 nitrogen and oxygen atoms in total. The fraction of sp³-hybridized carbons (Fsp3) is 0.533. The zero-order chi connectivity index (χ0) is 16.0. The average Bonchev–Trinajstić information content (AvgIpc) is 2.40. The van der Waals surface area contributed by atoms with Crippen LogP contribution in [-0.4, -0.2) is 32.1 Å². The molecule has 3 N–H and O–H groups in total. The number of benzene rings is 1. The Morgan fingerprint density at radius 3 is 2.67 bits per heavy atom. The zero-order valence-electron chi connectivity index (χ0n) is 13.1. The van der Waals surface area contributed by atoms with Crippen molar-refractivity contribution in [3.05, 3.63) is 17.9 Å². The predicted octanol–water partition coefficient (Wildman–Crippen LogP) is 2.16. The van der Waals surface area contributed by atoms with Crippen LogP contribution in [0.25, 0.3) is 0 Å². The van der Waals surface area contributed by atoms with Crippen molar-refractivity contribution in [2.24, 2.45) is 0 Å². The number of nitrogen functional groups attached to an aromatic ring is 1. The fourth-order valence-electron chi connectivity index (χ4n) is 1.98. The summed E-state index contributed by atoms with van der Waals surface area (Å²) in [5.74, 6) is -0.480. The number of nitrogens with two attached hydrogens (primary N) is 1. The lowest BCUT2D eigenvalue weighted by Crippen LogP contribution is -2.36. The van der Waals surface area contributed by atoms with Crippen LogP contribution in [0.4, 0.5) is 15.8 Å². The van der Waals surface area contributed by atoms with Crippen molar-refractivity contribution in [2.45, 2.75) is 33.3 Å². The third kappa shape index (κ3) is 4.81. The first-order valence-corrected chi connectivity index (χ1v) is 7.10. The van der Waals surface area contributed by atoms with E-state index in [1.54, 1.807) is 13.1 Å². The van der Waals surface area contributed by atoms with Gasteiger partial charge in [0.15, 0.2) is 11.6 Å². The maximum absolute atomic E-state index is 13.9. The highest BCUT2D eigenvalue weighted by atomic mass is 19.1. The summed E-state index contributed by atoms with van der Waals surface area (Å²) in [6.07, 6.45) is 0.698. The Bertz CT molecular complexity index is 492. The van der Waals surface area contributed by atoms with Gasteiger partial charge in [-0.1, -0.05) is 6.92 Å². The summed E-state index contributed by atoms with van der Waals surface area (Å²) in [4.78, 5) is 13.4. The van der Waals surface area contributed by atoms with Gasteiger partial charge in [0.25, 0.3) is 0 Å². The van der Waals surface area contributed by atoms with Gasteiger partial charge >= 0.3 is 0 Å². The highest BCUT2D eigenvalue weighted by molar-refractivity contribution is 5.83. The number of likely N-dealkylation sites (N-methyl/N-ethyl adjacent to an activating group) is 1. The molecule has 0 aliphatic heterocycles. The monoisotopic (exact) mass is 297 g/mol. The normalized spacial score (nSPS) is 10.6. The molecule has 1 amide bonds. The molecule has 1 aromatic carbocycles. The van der Waals surface area contributed by atoms with Gasteiger partial charge in [0, 0.05) is 25.7 Å². The molecule has 1 rings (SSSR count). The van der Waals surface area contributed by atoms with Crippen LogP contribution in [0.5, 0.6) is 5.75 Å². The van der Waals surface area contributed by atoms with Crippen molar-refractivity contribution < 1.29 is 13.9 Å². The van der Waals surface area contributed by atoms with E-state index in [9.17, 15) is 9.18 Å². The van der Waals surface area contributed by atoms with Crippen molar-refractivity contribution in [3.63, 3.8) is 0 Å². The van der Waals surface area contributed by atoms with Crippen LogP contribution in [0.3, 0.4) is 0 Å². The second kappa shape index (κ2) is 7.71. The zero-order valence-corrected chi connectivity index (χ0v) is 13.1. The summed E-state index contributed by atoms with van der Waals surface area (Å²) in [5, 5.41) is 2.57. The summed E-state index contributed by atoms with van der Waals surface area (Å²) < 4.78 is 19.3. The van der Waals surface area contributed by atoms with E-state index in [0.717, 1.165) is 6.42 Å². The lowest BCUT2D eigenvalue weighted by Gasteiger charge is -2.26. The van der Waals surface area contributed by atoms with Crippen LogP contribution >= 0.6 is 0 Å². The molecule has 0 fully saturated rings. The summed E-state index contributed by atoms with van der Waals surface area (Å²) in [6, 6.07) is 2.79. The molecule has 118 valence electrons. The SMILES string of the molecule is CCCN(CC(=O)NC)c1cc(OC(C)C)c(F)cc1N. The van der Waals surface area contributed by atoms with Gasteiger partial charge in [-0.15, -0.1) is 0 Å². The van der Waals surface area contributed by atoms with E-state index in [1.807, 2.05) is 25.7 Å². The standard InChI is InChI=1S/C15H24FN3O2/c1-5-6-19(9-15(20)18-4)13-8-14(21-10(2)3)11(16)7-12(13)17/h7-8,10H,5-6,9,17H2,1-4H3,(H,18,20). The Kier molecular flexibility index (Phi) is 6.27. The van der Waals surface area contributed by atoms with Gasteiger partial charge < -0.3 is 20.7 Å². The number of rotatable bonds is 7. The largest absolute Gasteiger partial charge is 0.488 e. The topological polar surface area (TPSA) is 67.6 Å². The Hall–Kier alpha value is -1.98. The van der Waals surface area contributed by atoms with Gasteiger partial charge in [-0.05, 0) is 20.3 Å². The summed E-state index contributed by atoms with van der Waals surface area (Å²) in [6.45, 7) is 6.46. The maximum atomic E-state index is 13.9. The highest BCUT2D eigenvalue weighted by Crippen LogP contribution is 2.31. The Morgan fingerprint density at radius 1 is 1.48 bits per heavy atom. The fourth-order valence-corrected chi connectivity index (χ4v) is 1.98. The van der Waals surface area contributed by atoms with Crippen LogP contribution in [0, 0.1) is 5.82 Å². The Morgan fingerprint density at radius 2 is 2.14 bits per heavy atom. The molecule has 0 aliphatic carbocycles. The molecule has 0 saturated heterocycles. The van der Waals surface area contributed by atoms with Crippen molar-refractivity contribution in [1.82, 2.24) is 5.32 Å². The third-order valence-electron chi connectivity index (χ3n) is 2.89. The number of hydrogen-bond acceptors (Lipinski definition) is 4. The van der Waals surface area contributed by atoms with E-state index in [4.69, 9.17) is 10.5 Å². The molecule has 0 aliphatic rings. The van der Waals surface area contributed by atoms with E-state index >= 15 is 0 Å². The Labute approximate surface area is 125 Å². The number of amides is 1. The van der Waals surface area contributed by atoms with Gasteiger partial charge in [0.05, 0.1) is 24.0 Å². The first-order chi connectivity index (χ1) is 9.88. The number of nitrogens with zero attached hydrogens (tertiary/aromatic N) is 1. The van der Waals surface area contributed by atoms with Crippen LogP contribution in [0.2, 0.25) is 0 Å². The van der Waals surface area contributed by atoms with Crippen LogP contribution in [0.15, 0.2) is 12.1 Å². The van der Waals surface area contributed by atoms with Crippen LogP contribution in [-0.2, 0) is 4.79 Å². The first kappa shape index (κ1) is 17.1. The molecule has 0 unspecified atom stereocenters. The molecule has 0 bridgehead atoms. The summed E-state index contributed by atoms with van der Waals surface area (Å²) in [5.41, 5.74) is 6.80. The number of carbonyl (C=O) groups is 1. The second-order valence-electron chi connectivity index (χ2n) is 5.10. The molecule has 0 heterocycles. The minimum Gasteiger partial charge on any atom is -0.488 e.